The Labute approximate surface area is 117 Å². The van der Waals surface area contributed by atoms with Crippen LogP contribution in [-0.2, 0) is 12.8 Å². The number of hydrogen-bond donors (Lipinski definition) is 1. The summed E-state index contributed by atoms with van der Waals surface area (Å²) in [6.07, 6.45) is 4.21. The number of nitrogens with two attached hydrogens (primary N) is 1. The highest BCUT2D eigenvalue weighted by Crippen LogP contribution is 2.22. The van der Waals surface area contributed by atoms with Crippen LogP contribution in [0.3, 0.4) is 0 Å². The lowest BCUT2D eigenvalue weighted by atomic mass is 9.99. The molecule has 0 saturated heterocycles. The predicted octanol–water partition coefficient (Wildman–Crippen LogP) is 3.74. The van der Waals surface area contributed by atoms with Gasteiger partial charge in [-0.1, -0.05) is 32.4 Å². The summed E-state index contributed by atoms with van der Waals surface area (Å²) in [5.41, 5.74) is 8.68. The monoisotopic (exact) mass is 271 g/mol. The van der Waals surface area contributed by atoms with E-state index < -0.39 is 0 Å². The van der Waals surface area contributed by atoms with Crippen molar-refractivity contribution in [3.05, 3.63) is 29.3 Å². The van der Waals surface area contributed by atoms with Gasteiger partial charge in [0.05, 0.1) is 6.61 Å². The van der Waals surface area contributed by atoms with Crippen LogP contribution < -0.4 is 10.5 Å². The summed E-state index contributed by atoms with van der Waals surface area (Å²) in [5, 5.41) is 0. The molecule has 0 amide bonds. The zero-order chi connectivity index (χ0) is 12.7. The molecule has 1 unspecified atom stereocenters. The minimum absolute atomic E-state index is 0. The fourth-order valence-electron chi connectivity index (χ4n) is 1.96. The molecule has 104 valence electrons. The number of hydrogen-bond acceptors (Lipinski definition) is 2. The SMILES string of the molecule is CCCc1ccc(OCC)c(CC(N)CC)c1.Cl. The highest BCUT2D eigenvalue weighted by molar-refractivity contribution is 5.85. The van der Waals surface area contributed by atoms with Crippen LogP contribution in [0.15, 0.2) is 18.2 Å². The second kappa shape index (κ2) is 9.23. The van der Waals surface area contributed by atoms with Gasteiger partial charge in [-0.3, -0.25) is 0 Å². The maximum Gasteiger partial charge on any atom is 0.122 e. The van der Waals surface area contributed by atoms with E-state index in [9.17, 15) is 0 Å². The number of benzene rings is 1. The minimum Gasteiger partial charge on any atom is -0.494 e. The van der Waals surface area contributed by atoms with E-state index in [1.165, 1.54) is 17.5 Å². The molecule has 0 radical (unpaired) electrons. The first-order chi connectivity index (χ1) is 8.21. The highest BCUT2D eigenvalue weighted by Gasteiger charge is 2.08. The summed E-state index contributed by atoms with van der Waals surface area (Å²) in [5.74, 6) is 0.997. The third-order valence-corrected chi connectivity index (χ3v) is 2.97. The number of rotatable bonds is 7. The molecule has 3 heteroatoms. The van der Waals surface area contributed by atoms with Crippen molar-refractivity contribution < 1.29 is 4.74 Å². The van der Waals surface area contributed by atoms with Crippen LogP contribution in [0.1, 0.15) is 44.7 Å². The van der Waals surface area contributed by atoms with Crippen molar-refractivity contribution >= 4 is 12.4 Å². The Morgan fingerprint density at radius 1 is 1.22 bits per heavy atom. The van der Waals surface area contributed by atoms with Crippen LogP contribution in [-0.4, -0.2) is 12.6 Å². The Morgan fingerprint density at radius 3 is 2.50 bits per heavy atom. The summed E-state index contributed by atoms with van der Waals surface area (Å²) < 4.78 is 5.66. The molecule has 0 aromatic heterocycles. The predicted molar refractivity (Wildman–Crippen MR) is 80.8 cm³/mol. The van der Waals surface area contributed by atoms with Crippen LogP contribution in [0.2, 0.25) is 0 Å². The molecule has 2 N–H and O–H groups in total. The van der Waals surface area contributed by atoms with Crippen LogP contribution in [0.4, 0.5) is 0 Å². The third kappa shape index (κ3) is 5.28. The summed E-state index contributed by atoms with van der Waals surface area (Å²) in [4.78, 5) is 0. The van der Waals surface area contributed by atoms with Crippen molar-refractivity contribution in [2.24, 2.45) is 5.73 Å². The first-order valence-electron chi connectivity index (χ1n) is 6.71. The molecule has 0 aliphatic carbocycles. The van der Waals surface area contributed by atoms with Gasteiger partial charge in [0, 0.05) is 6.04 Å². The van der Waals surface area contributed by atoms with Gasteiger partial charge in [-0.15, -0.1) is 12.4 Å². The first-order valence-corrected chi connectivity index (χ1v) is 6.71. The van der Waals surface area contributed by atoms with Crippen molar-refractivity contribution in [1.29, 1.82) is 0 Å². The van der Waals surface area contributed by atoms with Crippen molar-refractivity contribution in [3.63, 3.8) is 0 Å². The molecule has 2 nitrogen and oxygen atoms in total. The van der Waals surface area contributed by atoms with Crippen molar-refractivity contribution in [2.45, 2.75) is 52.5 Å². The maximum atomic E-state index is 6.04. The van der Waals surface area contributed by atoms with Gasteiger partial charge in [0.1, 0.15) is 5.75 Å². The highest BCUT2D eigenvalue weighted by atomic mass is 35.5. The van der Waals surface area contributed by atoms with Gasteiger partial charge in [-0.25, -0.2) is 0 Å². The molecule has 0 spiro atoms. The van der Waals surface area contributed by atoms with E-state index in [0.717, 1.165) is 25.0 Å². The van der Waals surface area contributed by atoms with Crippen LogP contribution in [0, 0.1) is 0 Å². The van der Waals surface area contributed by atoms with Gasteiger partial charge in [-0.05, 0) is 43.4 Å². The zero-order valence-electron chi connectivity index (χ0n) is 11.7. The smallest absolute Gasteiger partial charge is 0.122 e. The number of halogens is 1. The molecule has 18 heavy (non-hydrogen) atoms. The van der Waals surface area contributed by atoms with Gasteiger partial charge in [0.25, 0.3) is 0 Å². The summed E-state index contributed by atoms with van der Waals surface area (Å²) in [6, 6.07) is 6.73. The number of ether oxygens (including phenoxy) is 1. The Bertz CT molecular complexity index is 341. The summed E-state index contributed by atoms with van der Waals surface area (Å²) >= 11 is 0. The molecule has 1 aromatic rings. The van der Waals surface area contributed by atoms with E-state index in [-0.39, 0.29) is 18.4 Å². The van der Waals surface area contributed by atoms with E-state index in [4.69, 9.17) is 10.5 Å². The van der Waals surface area contributed by atoms with Crippen LogP contribution in [0.25, 0.3) is 0 Å². The van der Waals surface area contributed by atoms with Crippen molar-refractivity contribution in [3.8, 4) is 5.75 Å². The lowest BCUT2D eigenvalue weighted by Gasteiger charge is -2.15. The fraction of sp³-hybridized carbons (Fsp3) is 0.600. The quantitative estimate of drug-likeness (QED) is 0.820. The standard InChI is InChI=1S/C15H25NO.ClH/c1-4-7-12-8-9-15(17-6-3)13(10-12)11-14(16)5-2;/h8-10,14H,4-7,11,16H2,1-3H3;1H. The van der Waals surface area contributed by atoms with E-state index in [0.29, 0.717) is 6.61 Å². The Kier molecular flexibility index (Phi) is 8.86. The van der Waals surface area contributed by atoms with Gasteiger partial charge in [-0.2, -0.15) is 0 Å². The first kappa shape index (κ1) is 17.3. The molecule has 0 aliphatic rings. The van der Waals surface area contributed by atoms with E-state index in [1.807, 2.05) is 6.92 Å². The van der Waals surface area contributed by atoms with Gasteiger partial charge < -0.3 is 10.5 Å². The second-order valence-electron chi connectivity index (χ2n) is 4.50. The lowest BCUT2D eigenvalue weighted by Crippen LogP contribution is -2.21. The number of aryl methyl sites for hydroxylation is 1. The fourth-order valence-corrected chi connectivity index (χ4v) is 1.96. The van der Waals surface area contributed by atoms with Gasteiger partial charge in [0.15, 0.2) is 0 Å². The topological polar surface area (TPSA) is 35.2 Å². The molecule has 0 fully saturated rings. The molecule has 1 atom stereocenters. The normalized spacial score (nSPS) is 11.8. The molecular formula is C15H26ClNO. The van der Waals surface area contributed by atoms with Gasteiger partial charge in [0.2, 0.25) is 0 Å². The molecule has 0 saturated carbocycles. The van der Waals surface area contributed by atoms with E-state index in [2.05, 4.69) is 32.0 Å². The minimum atomic E-state index is 0. The largest absolute Gasteiger partial charge is 0.494 e. The average Bonchev–Trinajstić information content (AvgIpc) is 2.33. The second-order valence-corrected chi connectivity index (χ2v) is 4.50. The third-order valence-electron chi connectivity index (χ3n) is 2.97. The Morgan fingerprint density at radius 2 is 1.94 bits per heavy atom. The van der Waals surface area contributed by atoms with Crippen molar-refractivity contribution in [1.82, 2.24) is 0 Å². The molecule has 0 aliphatic heterocycles. The molecule has 1 aromatic carbocycles. The van der Waals surface area contributed by atoms with Crippen LogP contribution in [0.5, 0.6) is 5.75 Å². The summed E-state index contributed by atoms with van der Waals surface area (Å²) in [7, 11) is 0. The van der Waals surface area contributed by atoms with Crippen LogP contribution >= 0.6 is 12.4 Å². The molecule has 0 heterocycles. The molecule has 1 rings (SSSR count). The van der Waals surface area contributed by atoms with Gasteiger partial charge >= 0.3 is 0 Å². The summed E-state index contributed by atoms with van der Waals surface area (Å²) in [6.45, 7) is 7.06. The van der Waals surface area contributed by atoms with Crippen molar-refractivity contribution in [2.75, 3.05) is 6.61 Å². The molecule has 0 bridgehead atoms. The average molecular weight is 272 g/mol. The zero-order valence-corrected chi connectivity index (χ0v) is 12.6. The maximum absolute atomic E-state index is 6.04. The van der Waals surface area contributed by atoms with E-state index >= 15 is 0 Å². The molecular weight excluding hydrogens is 246 g/mol. The van der Waals surface area contributed by atoms with E-state index in [1.54, 1.807) is 0 Å². The lowest BCUT2D eigenvalue weighted by molar-refractivity contribution is 0.335. The Hall–Kier alpha value is -0.730. The Balaban J connectivity index is 0.00000289.